The molecule has 0 unspecified atom stereocenters. The minimum atomic E-state index is -0.454. The van der Waals surface area contributed by atoms with E-state index in [1.165, 1.54) is 7.11 Å². The Morgan fingerprint density at radius 3 is 2.44 bits per heavy atom. The zero-order chi connectivity index (χ0) is 13.0. The summed E-state index contributed by atoms with van der Waals surface area (Å²) in [5.74, 6) is 0.237. The molecule has 0 aromatic heterocycles. The van der Waals surface area contributed by atoms with Crippen molar-refractivity contribution in [2.45, 2.75) is 0 Å². The van der Waals surface area contributed by atoms with Gasteiger partial charge in [-0.2, -0.15) is 0 Å². The number of hydrogen-bond acceptors (Lipinski definition) is 4. The van der Waals surface area contributed by atoms with E-state index >= 15 is 0 Å². The van der Waals surface area contributed by atoms with Gasteiger partial charge in [-0.1, -0.05) is 24.3 Å². The molecule has 2 aromatic rings. The zero-order valence-electron chi connectivity index (χ0n) is 9.79. The molecule has 92 valence electrons. The SMILES string of the molecule is COc1cccc(Nc2ccccc2)c1[N+](=O)[O-]. The lowest BCUT2D eigenvalue weighted by molar-refractivity contribution is -0.384. The van der Waals surface area contributed by atoms with Crippen LogP contribution < -0.4 is 10.1 Å². The van der Waals surface area contributed by atoms with E-state index in [1.807, 2.05) is 30.3 Å². The van der Waals surface area contributed by atoms with Gasteiger partial charge in [-0.05, 0) is 24.3 Å². The lowest BCUT2D eigenvalue weighted by Crippen LogP contribution is -1.99. The molecule has 0 amide bonds. The summed E-state index contributed by atoms with van der Waals surface area (Å²) in [6.07, 6.45) is 0. The van der Waals surface area contributed by atoms with Crippen molar-refractivity contribution in [3.63, 3.8) is 0 Å². The molecule has 0 saturated carbocycles. The number of nitro groups is 1. The Morgan fingerprint density at radius 2 is 1.83 bits per heavy atom. The van der Waals surface area contributed by atoms with Gasteiger partial charge >= 0.3 is 5.69 Å². The van der Waals surface area contributed by atoms with Crippen LogP contribution in [0, 0.1) is 10.1 Å². The van der Waals surface area contributed by atoms with Crippen LogP contribution in [0.5, 0.6) is 5.75 Å². The summed E-state index contributed by atoms with van der Waals surface area (Å²) in [5, 5.41) is 14.1. The topological polar surface area (TPSA) is 64.4 Å². The summed E-state index contributed by atoms with van der Waals surface area (Å²) in [6, 6.07) is 14.2. The third kappa shape index (κ3) is 2.40. The van der Waals surface area contributed by atoms with Gasteiger partial charge in [-0.25, -0.2) is 0 Å². The highest BCUT2D eigenvalue weighted by atomic mass is 16.6. The van der Waals surface area contributed by atoms with Crippen LogP contribution in [0.3, 0.4) is 0 Å². The summed E-state index contributed by atoms with van der Waals surface area (Å²) in [5.41, 5.74) is 1.13. The number of anilines is 2. The van der Waals surface area contributed by atoms with Crippen molar-refractivity contribution in [3.8, 4) is 5.75 Å². The average Bonchev–Trinajstić information content (AvgIpc) is 2.39. The van der Waals surface area contributed by atoms with Crippen LogP contribution in [0.15, 0.2) is 48.5 Å². The second-order valence-corrected chi connectivity index (χ2v) is 3.60. The second kappa shape index (κ2) is 5.18. The van der Waals surface area contributed by atoms with Crippen LogP contribution in [0.2, 0.25) is 0 Å². The van der Waals surface area contributed by atoms with Gasteiger partial charge < -0.3 is 10.1 Å². The molecule has 0 aliphatic carbocycles. The number of rotatable bonds is 4. The summed E-state index contributed by atoms with van der Waals surface area (Å²) in [4.78, 5) is 10.6. The molecule has 0 bridgehead atoms. The zero-order valence-corrected chi connectivity index (χ0v) is 9.79. The lowest BCUT2D eigenvalue weighted by atomic mass is 10.2. The Morgan fingerprint density at radius 1 is 1.11 bits per heavy atom. The predicted octanol–water partition coefficient (Wildman–Crippen LogP) is 3.35. The van der Waals surface area contributed by atoms with Crippen LogP contribution in [-0.4, -0.2) is 12.0 Å². The quantitative estimate of drug-likeness (QED) is 0.661. The van der Waals surface area contributed by atoms with Gasteiger partial charge in [-0.3, -0.25) is 10.1 Å². The van der Waals surface area contributed by atoms with Gasteiger partial charge in [0.2, 0.25) is 0 Å². The van der Waals surface area contributed by atoms with E-state index in [-0.39, 0.29) is 11.4 Å². The minimum Gasteiger partial charge on any atom is -0.490 e. The first-order valence-corrected chi connectivity index (χ1v) is 5.36. The molecule has 0 aliphatic heterocycles. The van der Waals surface area contributed by atoms with E-state index in [1.54, 1.807) is 18.2 Å². The van der Waals surface area contributed by atoms with Crippen molar-refractivity contribution in [3.05, 3.63) is 58.6 Å². The molecule has 0 spiro atoms. The van der Waals surface area contributed by atoms with Crippen LogP contribution in [-0.2, 0) is 0 Å². The van der Waals surface area contributed by atoms with Crippen molar-refractivity contribution in [2.24, 2.45) is 0 Å². The molecule has 5 heteroatoms. The number of methoxy groups -OCH3 is 1. The molecule has 0 aliphatic rings. The molecule has 0 radical (unpaired) electrons. The summed E-state index contributed by atoms with van der Waals surface area (Å²) in [6.45, 7) is 0. The molecule has 5 nitrogen and oxygen atoms in total. The molecule has 2 aromatic carbocycles. The molecule has 0 heterocycles. The highest BCUT2D eigenvalue weighted by Crippen LogP contribution is 2.35. The first-order valence-electron chi connectivity index (χ1n) is 5.36. The molecular formula is C13H12N2O3. The standard InChI is InChI=1S/C13H12N2O3/c1-18-12-9-5-8-11(13(12)15(16)17)14-10-6-3-2-4-7-10/h2-9,14H,1H3. The minimum absolute atomic E-state index is 0.0659. The highest BCUT2D eigenvalue weighted by molar-refractivity contribution is 5.73. The van der Waals surface area contributed by atoms with Crippen molar-refractivity contribution < 1.29 is 9.66 Å². The molecule has 0 saturated heterocycles. The van der Waals surface area contributed by atoms with Gasteiger partial charge in [-0.15, -0.1) is 0 Å². The fourth-order valence-corrected chi connectivity index (χ4v) is 1.65. The Kier molecular flexibility index (Phi) is 3.43. The summed E-state index contributed by atoms with van der Waals surface area (Å²) < 4.78 is 5.00. The Bertz CT molecular complexity index is 555. The number of nitrogens with one attached hydrogen (secondary N) is 1. The van der Waals surface area contributed by atoms with Gasteiger partial charge in [0.1, 0.15) is 5.69 Å². The van der Waals surface area contributed by atoms with Crippen LogP contribution in [0.25, 0.3) is 0 Å². The van der Waals surface area contributed by atoms with E-state index in [0.29, 0.717) is 5.69 Å². The van der Waals surface area contributed by atoms with Crippen LogP contribution >= 0.6 is 0 Å². The molecule has 2 rings (SSSR count). The normalized spacial score (nSPS) is 9.83. The molecule has 18 heavy (non-hydrogen) atoms. The van der Waals surface area contributed by atoms with E-state index in [4.69, 9.17) is 4.74 Å². The Labute approximate surface area is 104 Å². The summed E-state index contributed by atoms with van der Waals surface area (Å²) in [7, 11) is 1.41. The molecule has 0 fully saturated rings. The van der Waals surface area contributed by atoms with Crippen molar-refractivity contribution in [2.75, 3.05) is 12.4 Å². The third-order valence-electron chi connectivity index (χ3n) is 2.45. The molecular weight excluding hydrogens is 232 g/mol. The number of para-hydroxylation sites is 2. The number of hydrogen-bond donors (Lipinski definition) is 1. The van der Waals surface area contributed by atoms with Crippen molar-refractivity contribution >= 4 is 17.1 Å². The van der Waals surface area contributed by atoms with Gasteiger partial charge in [0, 0.05) is 5.69 Å². The number of nitro benzene ring substituents is 1. The maximum Gasteiger partial charge on any atom is 0.334 e. The molecule has 1 N–H and O–H groups in total. The van der Waals surface area contributed by atoms with Gasteiger partial charge in [0.05, 0.1) is 12.0 Å². The number of ether oxygens (including phenoxy) is 1. The monoisotopic (exact) mass is 244 g/mol. The maximum absolute atomic E-state index is 11.1. The first kappa shape index (κ1) is 11.9. The Balaban J connectivity index is 2.42. The number of benzene rings is 2. The third-order valence-corrected chi connectivity index (χ3v) is 2.45. The van der Waals surface area contributed by atoms with E-state index < -0.39 is 4.92 Å². The van der Waals surface area contributed by atoms with E-state index in [0.717, 1.165) is 5.69 Å². The van der Waals surface area contributed by atoms with E-state index in [2.05, 4.69) is 5.32 Å². The van der Waals surface area contributed by atoms with Crippen molar-refractivity contribution in [1.82, 2.24) is 0 Å². The first-order chi connectivity index (χ1) is 8.72. The van der Waals surface area contributed by atoms with E-state index in [9.17, 15) is 10.1 Å². The van der Waals surface area contributed by atoms with Gasteiger partial charge in [0.15, 0.2) is 5.75 Å². The van der Waals surface area contributed by atoms with Crippen LogP contribution in [0.1, 0.15) is 0 Å². The average molecular weight is 244 g/mol. The van der Waals surface area contributed by atoms with Crippen molar-refractivity contribution in [1.29, 1.82) is 0 Å². The van der Waals surface area contributed by atoms with Crippen LogP contribution in [0.4, 0.5) is 17.1 Å². The molecule has 0 atom stereocenters. The lowest BCUT2D eigenvalue weighted by Gasteiger charge is -2.09. The second-order valence-electron chi connectivity index (χ2n) is 3.60. The predicted molar refractivity (Wildman–Crippen MR) is 69.4 cm³/mol. The smallest absolute Gasteiger partial charge is 0.334 e. The maximum atomic E-state index is 11.1. The highest BCUT2D eigenvalue weighted by Gasteiger charge is 2.20. The largest absolute Gasteiger partial charge is 0.490 e. The van der Waals surface area contributed by atoms with Gasteiger partial charge in [0.25, 0.3) is 0 Å². The fraction of sp³-hybridized carbons (Fsp3) is 0.0769. The fourth-order valence-electron chi connectivity index (χ4n) is 1.65. The Hall–Kier alpha value is -2.56. The number of nitrogens with zero attached hydrogens (tertiary/aromatic N) is 1. The summed E-state index contributed by atoms with van der Waals surface area (Å²) >= 11 is 0.